The summed E-state index contributed by atoms with van der Waals surface area (Å²) in [5.74, 6) is -0.351. The Bertz CT molecular complexity index is 808. The van der Waals surface area contributed by atoms with Gasteiger partial charge in [-0.05, 0) is 54.4 Å². The molecule has 6 nitrogen and oxygen atoms in total. The maximum absolute atomic E-state index is 12.8. The predicted molar refractivity (Wildman–Crippen MR) is 94.9 cm³/mol. The summed E-state index contributed by atoms with van der Waals surface area (Å²) >= 11 is 0. The van der Waals surface area contributed by atoms with Gasteiger partial charge in [0.25, 0.3) is 11.8 Å². The van der Waals surface area contributed by atoms with Crippen LogP contribution in [0.3, 0.4) is 0 Å². The molecule has 2 amide bonds. The smallest absolute Gasteiger partial charge is 0.262 e. The minimum absolute atomic E-state index is 0.0403. The molecule has 1 aliphatic heterocycles. The van der Waals surface area contributed by atoms with E-state index in [1.807, 2.05) is 12.1 Å². The molecule has 2 aromatic rings. The number of rotatable bonds is 6. The summed E-state index contributed by atoms with van der Waals surface area (Å²) < 4.78 is 23.0. The SMILES string of the molecule is COCC(=O)N1CCc2cc(NC(=O)COc3ccc(F)cc3)ccc21. The standard InChI is InChI=1S/C19H19FN2O4/c1-25-12-19(24)22-9-8-13-10-15(4-7-17(13)22)21-18(23)11-26-16-5-2-14(20)3-6-16/h2-7,10H,8-9,11-12H2,1H3,(H,21,23). The van der Waals surface area contributed by atoms with E-state index in [1.54, 1.807) is 11.0 Å². The molecule has 1 N–H and O–H groups in total. The van der Waals surface area contributed by atoms with Crippen LogP contribution in [0.1, 0.15) is 5.56 Å². The minimum atomic E-state index is -0.363. The number of amides is 2. The fraction of sp³-hybridized carbons (Fsp3) is 0.263. The van der Waals surface area contributed by atoms with Gasteiger partial charge in [-0.15, -0.1) is 0 Å². The summed E-state index contributed by atoms with van der Waals surface area (Å²) in [6.07, 6.45) is 0.723. The topological polar surface area (TPSA) is 67.9 Å². The largest absolute Gasteiger partial charge is 0.484 e. The van der Waals surface area contributed by atoms with E-state index in [0.717, 1.165) is 17.7 Å². The number of ether oxygens (including phenoxy) is 2. The third-order valence-corrected chi connectivity index (χ3v) is 4.01. The highest BCUT2D eigenvalue weighted by Gasteiger charge is 2.24. The second-order valence-corrected chi connectivity index (χ2v) is 5.86. The first-order chi connectivity index (χ1) is 12.6. The zero-order valence-electron chi connectivity index (χ0n) is 14.3. The van der Waals surface area contributed by atoms with E-state index in [9.17, 15) is 14.0 Å². The molecule has 0 fully saturated rings. The summed E-state index contributed by atoms with van der Waals surface area (Å²) in [5, 5.41) is 2.76. The summed E-state index contributed by atoms with van der Waals surface area (Å²) in [6.45, 7) is 0.461. The number of carbonyl (C=O) groups is 2. The first-order valence-electron chi connectivity index (χ1n) is 8.17. The molecular formula is C19H19FN2O4. The summed E-state index contributed by atoms with van der Waals surface area (Å²) in [4.78, 5) is 25.7. The van der Waals surface area contributed by atoms with E-state index in [1.165, 1.54) is 31.4 Å². The molecule has 0 aromatic heterocycles. The van der Waals surface area contributed by atoms with Crippen molar-refractivity contribution in [3.8, 4) is 5.75 Å². The number of halogens is 1. The van der Waals surface area contributed by atoms with Crippen molar-refractivity contribution in [1.82, 2.24) is 0 Å². The van der Waals surface area contributed by atoms with Crippen molar-refractivity contribution >= 4 is 23.2 Å². The molecule has 0 atom stereocenters. The molecule has 0 saturated carbocycles. The van der Waals surface area contributed by atoms with Crippen LogP contribution in [-0.2, 0) is 20.7 Å². The number of anilines is 2. The quantitative estimate of drug-likeness (QED) is 0.861. The second-order valence-electron chi connectivity index (χ2n) is 5.86. The van der Waals surface area contributed by atoms with Crippen molar-refractivity contribution in [2.75, 3.05) is 37.1 Å². The van der Waals surface area contributed by atoms with Gasteiger partial charge in [-0.1, -0.05) is 0 Å². The Morgan fingerprint density at radius 3 is 2.65 bits per heavy atom. The fourth-order valence-electron chi connectivity index (χ4n) is 2.82. The Hall–Kier alpha value is -2.93. The average Bonchev–Trinajstić information content (AvgIpc) is 3.05. The number of carbonyl (C=O) groups excluding carboxylic acids is 2. The molecule has 1 heterocycles. The molecule has 1 aliphatic rings. The van der Waals surface area contributed by atoms with Crippen LogP contribution in [0.2, 0.25) is 0 Å². The maximum atomic E-state index is 12.8. The molecule has 0 unspecified atom stereocenters. The number of hydrogen-bond donors (Lipinski definition) is 1. The van der Waals surface area contributed by atoms with E-state index in [4.69, 9.17) is 9.47 Å². The monoisotopic (exact) mass is 358 g/mol. The van der Waals surface area contributed by atoms with Crippen molar-refractivity contribution in [3.05, 3.63) is 53.8 Å². The van der Waals surface area contributed by atoms with Gasteiger partial charge in [0.05, 0.1) is 0 Å². The Morgan fingerprint density at radius 1 is 1.15 bits per heavy atom. The van der Waals surface area contributed by atoms with E-state index >= 15 is 0 Å². The van der Waals surface area contributed by atoms with Gasteiger partial charge in [0.15, 0.2) is 6.61 Å². The fourth-order valence-corrected chi connectivity index (χ4v) is 2.82. The number of benzene rings is 2. The Labute approximate surface area is 150 Å². The molecule has 3 rings (SSSR count). The maximum Gasteiger partial charge on any atom is 0.262 e. The van der Waals surface area contributed by atoms with Gasteiger partial charge >= 0.3 is 0 Å². The number of hydrogen-bond acceptors (Lipinski definition) is 4. The lowest BCUT2D eigenvalue weighted by molar-refractivity contribution is -0.122. The highest BCUT2D eigenvalue weighted by atomic mass is 19.1. The molecule has 0 saturated heterocycles. The van der Waals surface area contributed by atoms with Crippen LogP contribution in [0, 0.1) is 5.82 Å². The van der Waals surface area contributed by atoms with Crippen LogP contribution in [-0.4, -0.2) is 38.7 Å². The number of nitrogens with zero attached hydrogens (tertiary/aromatic N) is 1. The molecule has 0 bridgehead atoms. The van der Waals surface area contributed by atoms with Crippen LogP contribution in [0.25, 0.3) is 0 Å². The highest BCUT2D eigenvalue weighted by Crippen LogP contribution is 2.30. The molecule has 2 aromatic carbocycles. The Balaban J connectivity index is 1.58. The lowest BCUT2D eigenvalue weighted by Gasteiger charge is -2.17. The molecule has 0 radical (unpaired) electrons. The summed E-state index contributed by atoms with van der Waals surface area (Å²) in [5.41, 5.74) is 2.47. The van der Waals surface area contributed by atoms with Gasteiger partial charge in [-0.3, -0.25) is 9.59 Å². The van der Waals surface area contributed by atoms with Gasteiger partial charge in [-0.25, -0.2) is 4.39 Å². The summed E-state index contributed by atoms with van der Waals surface area (Å²) in [7, 11) is 1.49. The minimum Gasteiger partial charge on any atom is -0.484 e. The molecule has 0 spiro atoms. The lowest BCUT2D eigenvalue weighted by Crippen LogP contribution is -2.31. The Morgan fingerprint density at radius 2 is 1.92 bits per heavy atom. The third-order valence-electron chi connectivity index (χ3n) is 4.01. The van der Waals surface area contributed by atoms with Crippen molar-refractivity contribution in [1.29, 1.82) is 0 Å². The molecule has 0 aliphatic carbocycles. The van der Waals surface area contributed by atoms with Gasteiger partial charge in [0, 0.05) is 25.0 Å². The van der Waals surface area contributed by atoms with Crippen molar-refractivity contribution < 1.29 is 23.5 Å². The van der Waals surface area contributed by atoms with E-state index in [-0.39, 0.29) is 30.8 Å². The van der Waals surface area contributed by atoms with E-state index in [0.29, 0.717) is 18.0 Å². The number of fused-ring (bicyclic) bond motifs is 1. The van der Waals surface area contributed by atoms with Crippen LogP contribution in [0.15, 0.2) is 42.5 Å². The molecule has 26 heavy (non-hydrogen) atoms. The first kappa shape index (κ1) is 17.9. The van der Waals surface area contributed by atoms with Crippen LogP contribution in [0.4, 0.5) is 15.8 Å². The second kappa shape index (κ2) is 7.97. The van der Waals surface area contributed by atoms with Crippen LogP contribution >= 0.6 is 0 Å². The van der Waals surface area contributed by atoms with Crippen LogP contribution < -0.4 is 15.0 Å². The van der Waals surface area contributed by atoms with Crippen LogP contribution in [0.5, 0.6) is 5.75 Å². The highest BCUT2D eigenvalue weighted by molar-refractivity contribution is 5.97. The van der Waals surface area contributed by atoms with Gasteiger partial charge < -0.3 is 19.7 Å². The van der Waals surface area contributed by atoms with E-state index in [2.05, 4.69) is 5.32 Å². The zero-order valence-corrected chi connectivity index (χ0v) is 14.3. The predicted octanol–water partition coefficient (Wildman–Crippen LogP) is 2.38. The lowest BCUT2D eigenvalue weighted by atomic mass is 10.1. The van der Waals surface area contributed by atoms with E-state index < -0.39 is 0 Å². The third kappa shape index (κ3) is 4.18. The number of methoxy groups -OCH3 is 1. The molecule has 7 heteroatoms. The van der Waals surface area contributed by atoms with Crippen molar-refractivity contribution in [3.63, 3.8) is 0 Å². The molecule has 136 valence electrons. The van der Waals surface area contributed by atoms with Gasteiger partial charge in [-0.2, -0.15) is 0 Å². The number of nitrogens with one attached hydrogen (secondary N) is 1. The normalized spacial score (nSPS) is 12.6. The van der Waals surface area contributed by atoms with Crippen molar-refractivity contribution in [2.45, 2.75) is 6.42 Å². The molecular weight excluding hydrogens is 339 g/mol. The average molecular weight is 358 g/mol. The van der Waals surface area contributed by atoms with Crippen molar-refractivity contribution in [2.24, 2.45) is 0 Å². The first-order valence-corrected chi connectivity index (χ1v) is 8.17. The zero-order chi connectivity index (χ0) is 18.5. The summed E-state index contributed by atoms with van der Waals surface area (Å²) in [6, 6.07) is 10.9. The van der Waals surface area contributed by atoms with Gasteiger partial charge in [0.2, 0.25) is 0 Å². The van der Waals surface area contributed by atoms with Gasteiger partial charge in [0.1, 0.15) is 18.2 Å². The Kier molecular flexibility index (Phi) is 5.48.